The molecule has 0 saturated heterocycles. The number of rotatable bonds is 6. The lowest BCUT2D eigenvalue weighted by atomic mass is 9.87. The molecule has 146 valence electrons. The average molecular weight is 405 g/mol. The molecule has 0 saturated carbocycles. The van der Waals surface area contributed by atoms with Crippen LogP contribution in [-0.2, 0) is 28.2 Å². The molecule has 2 rings (SSSR count). The normalized spacial score (nSPS) is 11.9. The first-order valence-corrected chi connectivity index (χ1v) is 11.3. The largest absolute Gasteiger partial charge is 0.362 e. The Kier molecular flexibility index (Phi) is 7.00. The molecule has 6 heteroatoms. The van der Waals surface area contributed by atoms with Crippen LogP contribution in [0, 0.1) is 0 Å². The summed E-state index contributed by atoms with van der Waals surface area (Å²) >= 11 is 5.32. The van der Waals surface area contributed by atoms with Crippen LogP contribution < -0.4 is 10.6 Å². The maximum Gasteiger partial charge on any atom is 0.175 e. The first kappa shape index (κ1) is 21.4. The molecule has 0 fully saturated rings. The fraction of sp³-hybridized carbons (Fsp3) is 0.381. The van der Waals surface area contributed by atoms with Crippen molar-refractivity contribution in [1.29, 1.82) is 0 Å². The summed E-state index contributed by atoms with van der Waals surface area (Å²) in [6, 6.07) is 15.5. The molecule has 0 radical (unpaired) electrons. The van der Waals surface area contributed by atoms with Crippen LogP contribution in [0.1, 0.15) is 37.5 Å². The van der Waals surface area contributed by atoms with Gasteiger partial charge in [-0.3, -0.25) is 0 Å². The van der Waals surface area contributed by atoms with E-state index in [2.05, 4.69) is 55.7 Å². The van der Waals surface area contributed by atoms with Crippen LogP contribution in [0.4, 0.5) is 0 Å². The zero-order chi connectivity index (χ0) is 20.1. The second-order valence-corrected chi connectivity index (χ2v) is 10.1. The van der Waals surface area contributed by atoms with Gasteiger partial charge in [-0.15, -0.1) is 0 Å². The van der Waals surface area contributed by atoms with E-state index < -0.39 is 9.84 Å². The highest BCUT2D eigenvalue weighted by Gasteiger charge is 2.12. The maximum atomic E-state index is 11.5. The smallest absolute Gasteiger partial charge is 0.175 e. The molecular weight excluding hydrogens is 376 g/mol. The van der Waals surface area contributed by atoms with Gasteiger partial charge < -0.3 is 10.6 Å². The van der Waals surface area contributed by atoms with Crippen molar-refractivity contribution in [1.82, 2.24) is 10.6 Å². The monoisotopic (exact) mass is 404 g/mol. The molecule has 0 atom stereocenters. The second-order valence-electron chi connectivity index (χ2n) is 7.72. The van der Waals surface area contributed by atoms with E-state index >= 15 is 0 Å². The minimum atomic E-state index is -3.14. The first-order valence-electron chi connectivity index (χ1n) is 8.96. The lowest BCUT2D eigenvalue weighted by Crippen LogP contribution is -2.35. The van der Waals surface area contributed by atoms with E-state index in [1.165, 1.54) is 17.4 Å². The number of sulfone groups is 1. The van der Waals surface area contributed by atoms with Crippen molar-refractivity contribution in [3.05, 3.63) is 65.2 Å². The minimum Gasteiger partial charge on any atom is -0.362 e. The summed E-state index contributed by atoms with van der Waals surface area (Å²) in [5, 5.41) is 7.01. The molecule has 0 heterocycles. The SMILES string of the molecule is CC(C)(C)c1ccc(CNC(=S)NCCc2ccc(S(C)(=O)=O)cc2)cc1. The van der Waals surface area contributed by atoms with Crippen molar-refractivity contribution in [2.24, 2.45) is 0 Å². The quantitative estimate of drug-likeness (QED) is 0.721. The molecule has 0 aliphatic carbocycles. The summed E-state index contributed by atoms with van der Waals surface area (Å²) in [7, 11) is -3.14. The minimum absolute atomic E-state index is 0.155. The molecule has 0 unspecified atom stereocenters. The van der Waals surface area contributed by atoms with Crippen molar-refractivity contribution >= 4 is 27.2 Å². The van der Waals surface area contributed by atoms with Crippen molar-refractivity contribution in [3.8, 4) is 0 Å². The van der Waals surface area contributed by atoms with Gasteiger partial charge in [0.1, 0.15) is 0 Å². The van der Waals surface area contributed by atoms with Crippen LogP contribution in [-0.4, -0.2) is 26.3 Å². The molecule has 0 aromatic heterocycles. The predicted octanol–water partition coefficient (Wildman–Crippen LogP) is 3.59. The molecule has 2 aromatic carbocycles. The van der Waals surface area contributed by atoms with E-state index in [1.807, 2.05) is 12.1 Å². The zero-order valence-corrected chi connectivity index (χ0v) is 18.0. The highest BCUT2D eigenvalue weighted by Crippen LogP contribution is 2.22. The Hall–Kier alpha value is -1.92. The third-order valence-electron chi connectivity index (χ3n) is 4.32. The van der Waals surface area contributed by atoms with E-state index in [-0.39, 0.29) is 5.41 Å². The van der Waals surface area contributed by atoms with E-state index in [1.54, 1.807) is 12.1 Å². The van der Waals surface area contributed by atoms with Crippen LogP contribution in [0.5, 0.6) is 0 Å². The van der Waals surface area contributed by atoms with Crippen LogP contribution in [0.3, 0.4) is 0 Å². The standard InChI is InChI=1S/C21H28N2O2S2/c1-21(2,3)18-9-5-17(6-10-18)15-23-20(26)22-14-13-16-7-11-19(12-8-16)27(4,24)25/h5-12H,13-15H2,1-4H3,(H2,22,23,26). The summed E-state index contributed by atoms with van der Waals surface area (Å²) in [5.74, 6) is 0. The highest BCUT2D eigenvalue weighted by atomic mass is 32.2. The lowest BCUT2D eigenvalue weighted by molar-refractivity contribution is 0.590. The van der Waals surface area contributed by atoms with Crippen LogP contribution in [0.25, 0.3) is 0 Å². The average Bonchev–Trinajstić information content (AvgIpc) is 2.59. The number of benzene rings is 2. The van der Waals surface area contributed by atoms with Crippen molar-refractivity contribution < 1.29 is 8.42 Å². The molecule has 0 amide bonds. The van der Waals surface area contributed by atoms with Crippen molar-refractivity contribution in [2.75, 3.05) is 12.8 Å². The third kappa shape index (κ3) is 6.96. The summed E-state index contributed by atoms with van der Waals surface area (Å²) < 4.78 is 22.9. The van der Waals surface area contributed by atoms with Crippen molar-refractivity contribution in [3.63, 3.8) is 0 Å². The molecule has 0 spiro atoms. The molecular formula is C21H28N2O2S2. The Bertz CT molecular complexity index is 866. The Balaban J connectivity index is 1.75. The van der Waals surface area contributed by atoms with Gasteiger partial charge in [0, 0.05) is 19.3 Å². The number of thiocarbonyl (C=S) groups is 1. The Morgan fingerprint density at radius 2 is 1.48 bits per heavy atom. The highest BCUT2D eigenvalue weighted by molar-refractivity contribution is 7.90. The third-order valence-corrected chi connectivity index (χ3v) is 5.74. The van der Waals surface area contributed by atoms with E-state index in [0.717, 1.165) is 12.0 Å². The van der Waals surface area contributed by atoms with E-state index in [9.17, 15) is 8.42 Å². The van der Waals surface area contributed by atoms with Gasteiger partial charge in [0.15, 0.2) is 14.9 Å². The van der Waals surface area contributed by atoms with Crippen LogP contribution in [0.2, 0.25) is 0 Å². The fourth-order valence-electron chi connectivity index (χ4n) is 2.59. The van der Waals surface area contributed by atoms with E-state index in [0.29, 0.717) is 23.1 Å². The van der Waals surface area contributed by atoms with Crippen molar-refractivity contribution in [2.45, 2.75) is 44.0 Å². The predicted molar refractivity (Wildman–Crippen MR) is 116 cm³/mol. The molecule has 2 aromatic rings. The molecule has 27 heavy (non-hydrogen) atoms. The second kappa shape index (κ2) is 8.85. The molecule has 2 N–H and O–H groups in total. The lowest BCUT2D eigenvalue weighted by Gasteiger charge is -2.19. The molecule has 0 aliphatic heterocycles. The Morgan fingerprint density at radius 1 is 0.926 bits per heavy atom. The van der Waals surface area contributed by atoms with Gasteiger partial charge in [-0.25, -0.2) is 8.42 Å². The van der Waals surface area contributed by atoms with Gasteiger partial charge in [0.05, 0.1) is 4.90 Å². The first-order chi connectivity index (χ1) is 12.6. The summed E-state index contributed by atoms with van der Waals surface area (Å²) in [5.41, 5.74) is 3.72. The van der Waals surface area contributed by atoms with Crippen LogP contribution >= 0.6 is 12.2 Å². The van der Waals surface area contributed by atoms with Gasteiger partial charge in [-0.05, 0) is 52.9 Å². The molecule has 0 aliphatic rings. The number of hydrogen-bond acceptors (Lipinski definition) is 3. The zero-order valence-electron chi connectivity index (χ0n) is 16.4. The van der Waals surface area contributed by atoms with Crippen LogP contribution in [0.15, 0.2) is 53.4 Å². The van der Waals surface area contributed by atoms with Gasteiger partial charge in [0.2, 0.25) is 0 Å². The summed E-state index contributed by atoms with van der Waals surface area (Å²) in [6.07, 6.45) is 1.98. The number of nitrogens with one attached hydrogen (secondary N) is 2. The van der Waals surface area contributed by atoms with Gasteiger partial charge in [-0.1, -0.05) is 57.2 Å². The van der Waals surface area contributed by atoms with Gasteiger partial charge in [0.25, 0.3) is 0 Å². The summed E-state index contributed by atoms with van der Waals surface area (Å²) in [6.45, 7) is 7.97. The Morgan fingerprint density at radius 3 is 2.00 bits per heavy atom. The maximum absolute atomic E-state index is 11.5. The fourth-order valence-corrected chi connectivity index (χ4v) is 3.40. The number of hydrogen-bond donors (Lipinski definition) is 2. The topological polar surface area (TPSA) is 58.2 Å². The van der Waals surface area contributed by atoms with Gasteiger partial charge >= 0.3 is 0 Å². The van der Waals surface area contributed by atoms with Gasteiger partial charge in [-0.2, -0.15) is 0 Å². The Labute approximate surface area is 168 Å². The molecule has 0 bridgehead atoms. The summed E-state index contributed by atoms with van der Waals surface area (Å²) in [4.78, 5) is 0.342. The van der Waals surface area contributed by atoms with E-state index in [4.69, 9.17) is 12.2 Å². The molecule has 4 nitrogen and oxygen atoms in total.